The van der Waals surface area contributed by atoms with E-state index in [1.54, 1.807) is 55.4 Å². The molecule has 0 saturated heterocycles. The third-order valence-electron chi connectivity index (χ3n) is 5.85. The van der Waals surface area contributed by atoms with E-state index in [1.807, 2.05) is 12.1 Å². The van der Waals surface area contributed by atoms with Crippen LogP contribution in [0.3, 0.4) is 0 Å². The molecule has 2 atom stereocenters. The van der Waals surface area contributed by atoms with Crippen LogP contribution >= 0.6 is 23.2 Å². The van der Waals surface area contributed by atoms with E-state index in [0.29, 0.717) is 15.8 Å². The third kappa shape index (κ3) is 6.32. The first kappa shape index (κ1) is 27.6. The van der Waals surface area contributed by atoms with E-state index in [2.05, 4.69) is 14.7 Å². The summed E-state index contributed by atoms with van der Waals surface area (Å²) in [7, 11) is -4.10. The Morgan fingerprint density at radius 1 is 1.05 bits per heavy atom. The van der Waals surface area contributed by atoms with Crippen molar-refractivity contribution in [3.8, 4) is 0 Å². The molecule has 1 aliphatic rings. The minimum atomic E-state index is -4.10. The molecular weight excluding hydrogens is 547 g/mol. The molecule has 9 nitrogen and oxygen atoms in total. The first-order chi connectivity index (χ1) is 18.0. The minimum Gasteiger partial charge on any atom is -0.368 e. The first-order valence-electron chi connectivity index (χ1n) is 11.7. The van der Waals surface area contributed by atoms with Crippen molar-refractivity contribution in [3.05, 3.63) is 88.7 Å². The summed E-state index contributed by atoms with van der Waals surface area (Å²) in [4.78, 5) is 21.2. The lowest BCUT2D eigenvalue weighted by molar-refractivity contribution is -0.120. The minimum absolute atomic E-state index is 0.0239. The van der Waals surface area contributed by atoms with Crippen LogP contribution in [0.15, 0.2) is 87.9 Å². The van der Waals surface area contributed by atoms with Gasteiger partial charge in [-0.2, -0.15) is 5.10 Å². The Labute approximate surface area is 231 Å². The molecule has 0 saturated carbocycles. The van der Waals surface area contributed by atoms with E-state index in [9.17, 15) is 13.2 Å². The first-order valence-corrected chi connectivity index (χ1v) is 14.0. The van der Waals surface area contributed by atoms with Gasteiger partial charge >= 0.3 is 0 Å². The molecule has 0 fully saturated rings. The maximum Gasteiger partial charge on any atom is 0.263 e. The topological polar surface area (TPSA) is 130 Å². The van der Waals surface area contributed by atoms with Crippen molar-refractivity contribution >= 4 is 56.4 Å². The molecule has 4 rings (SSSR count). The zero-order valence-corrected chi connectivity index (χ0v) is 23.0. The number of anilines is 1. The number of carbonyl (C=O) groups excluding carboxylic acids is 1. The van der Waals surface area contributed by atoms with E-state index in [4.69, 9.17) is 34.0 Å². The molecule has 2 aromatic carbocycles. The molecule has 1 aliphatic heterocycles. The number of amides is 1. The standard InChI is InChI=1S/C26H26Cl2N6O3S/c1-16(2)24(25(29)35)31-26(33-38(36,37)20-12-8-18(28)9-13-20)22-15-23(21-5-3-4-14-30-21)34(32-22)19-10-6-17(27)7-11-19/h3-14,16,23-24H,15H2,1-2H3,(H2,29,35)(H,31,33)/t23?,24-/m0/s1. The van der Waals surface area contributed by atoms with Crippen LogP contribution < -0.4 is 15.5 Å². The van der Waals surface area contributed by atoms with E-state index in [0.717, 1.165) is 11.4 Å². The number of hydrazone groups is 1. The van der Waals surface area contributed by atoms with Crippen molar-refractivity contribution in [3.63, 3.8) is 0 Å². The lowest BCUT2D eigenvalue weighted by Crippen LogP contribution is -2.40. The van der Waals surface area contributed by atoms with Crippen LogP contribution in [-0.2, 0) is 14.8 Å². The Morgan fingerprint density at radius 3 is 2.24 bits per heavy atom. The van der Waals surface area contributed by atoms with Crippen molar-refractivity contribution in [2.24, 2.45) is 21.7 Å². The second-order valence-electron chi connectivity index (χ2n) is 8.97. The average Bonchev–Trinajstić information content (AvgIpc) is 3.33. The number of benzene rings is 2. The Kier molecular flexibility index (Phi) is 8.35. The second kappa shape index (κ2) is 11.5. The van der Waals surface area contributed by atoms with Crippen molar-refractivity contribution in [1.82, 2.24) is 9.71 Å². The summed E-state index contributed by atoms with van der Waals surface area (Å²) < 4.78 is 29.2. The number of amidine groups is 1. The van der Waals surface area contributed by atoms with E-state index in [-0.39, 0.29) is 29.1 Å². The van der Waals surface area contributed by atoms with Gasteiger partial charge in [-0.05, 0) is 66.6 Å². The molecule has 3 N–H and O–H groups in total. The van der Waals surface area contributed by atoms with E-state index in [1.165, 1.54) is 24.3 Å². The van der Waals surface area contributed by atoms with Gasteiger partial charge in [0, 0.05) is 22.7 Å². The van der Waals surface area contributed by atoms with Gasteiger partial charge in [0.25, 0.3) is 10.0 Å². The quantitative estimate of drug-likeness (QED) is 0.301. The van der Waals surface area contributed by atoms with Gasteiger partial charge in [0.15, 0.2) is 5.84 Å². The van der Waals surface area contributed by atoms with Crippen molar-refractivity contribution in [1.29, 1.82) is 0 Å². The van der Waals surface area contributed by atoms with E-state index >= 15 is 0 Å². The van der Waals surface area contributed by atoms with Crippen LogP contribution in [0.5, 0.6) is 0 Å². The van der Waals surface area contributed by atoms with Crippen LogP contribution in [-0.4, -0.2) is 36.9 Å². The molecule has 2 heterocycles. The van der Waals surface area contributed by atoms with E-state index < -0.39 is 22.0 Å². The van der Waals surface area contributed by atoms with Gasteiger partial charge in [0.05, 0.1) is 16.3 Å². The Morgan fingerprint density at radius 2 is 1.68 bits per heavy atom. The number of sulfonamides is 1. The maximum absolute atomic E-state index is 13.3. The number of hydrogen-bond acceptors (Lipinski definition) is 7. The summed E-state index contributed by atoms with van der Waals surface area (Å²) in [5.41, 5.74) is 7.37. The van der Waals surface area contributed by atoms with Gasteiger partial charge in [-0.3, -0.25) is 24.5 Å². The summed E-state index contributed by atoms with van der Waals surface area (Å²) in [5.74, 6) is -1.05. The molecule has 38 heavy (non-hydrogen) atoms. The van der Waals surface area contributed by atoms with Crippen LogP contribution in [0.1, 0.15) is 32.0 Å². The van der Waals surface area contributed by atoms with Gasteiger partial charge in [-0.15, -0.1) is 0 Å². The number of pyridine rings is 1. The van der Waals surface area contributed by atoms with Crippen LogP contribution in [0.4, 0.5) is 5.69 Å². The number of nitrogens with zero attached hydrogens (tertiary/aromatic N) is 4. The SMILES string of the molecule is CC(C)[C@H](N=C(NS(=O)(=O)c1ccc(Cl)cc1)C1=NN(c2ccc(Cl)cc2)C(c2ccccn2)C1)C(N)=O. The second-order valence-corrected chi connectivity index (χ2v) is 11.5. The highest BCUT2D eigenvalue weighted by Gasteiger charge is 2.35. The fraction of sp³-hybridized carbons (Fsp3) is 0.231. The number of nitrogens with two attached hydrogens (primary N) is 1. The number of aromatic nitrogens is 1. The van der Waals surface area contributed by atoms with Crippen molar-refractivity contribution < 1.29 is 13.2 Å². The summed E-state index contributed by atoms with van der Waals surface area (Å²) in [6.07, 6.45) is 1.93. The molecule has 198 valence electrons. The largest absolute Gasteiger partial charge is 0.368 e. The fourth-order valence-corrected chi connectivity index (χ4v) is 5.22. The highest BCUT2D eigenvalue weighted by molar-refractivity contribution is 7.90. The highest BCUT2D eigenvalue weighted by atomic mass is 35.5. The summed E-state index contributed by atoms with van der Waals surface area (Å²) in [6.45, 7) is 3.55. The molecule has 0 radical (unpaired) electrons. The molecular formula is C26H26Cl2N6O3S. The number of hydrogen-bond donors (Lipinski definition) is 2. The molecule has 0 spiro atoms. The van der Waals surface area contributed by atoms with Gasteiger partial charge in [0.2, 0.25) is 5.91 Å². The van der Waals surface area contributed by atoms with Gasteiger partial charge in [-0.1, -0.05) is 43.1 Å². The van der Waals surface area contributed by atoms with Gasteiger partial charge in [0.1, 0.15) is 17.8 Å². The molecule has 1 unspecified atom stereocenters. The lowest BCUT2D eigenvalue weighted by atomic mass is 10.0. The molecule has 0 bridgehead atoms. The maximum atomic E-state index is 13.3. The molecule has 3 aromatic rings. The average molecular weight is 574 g/mol. The summed E-state index contributed by atoms with van der Waals surface area (Å²) in [5, 5.41) is 7.43. The normalized spacial score (nSPS) is 16.9. The monoisotopic (exact) mass is 572 g/mol. The number of nitrogens with one attached hydrogen (secondary N) is 1. The molecule has 0 aliphatic carbocycles. The summed E-state index contributed by atoms with van der Waals surface area (Å²) in [6, 6.07) is 17.0. The van der Waals surface area contributed by atoms with Gasteiger partial charge in [-0.25, -0.2) is 8.42 Å². The number of carbonyl (C=O) groups is 1. The zero-order valence-electron chi connectivity index (χ0n) is 20.6. The van der Waals surface area contributed by atoms with Crippen molar-refractivity contribution in [2.75, 3.05) is 5.01 Å². The fourth-order valence-electron chi connectivity index (χ4n) is 3.93. The third-order valence-corrected chi connectivity index (χ3v) is 7.71. The van der Waals surface area contributed by atoms with Crippen LogP contribution in [0.2, 0.25) is 10.0 Å². The number of aliphatic imine (C=N–C) groups is 1. The van der Waals surface area contributed by atoms with Gasteiger partial charge < -0.3 is 5.73 Å². The van der Waals surface area contributed by atoms with Crippen LogP contribution in [0.25, 0.3) is 0 Å². The predicted molar refractivity (Wildman–Crippen MR) is 150 cm³/mol. The Balaban J connectivity index is 1.81. The highest BCUT2D eigenvalue weighted by Crippen LogP contribution is 2.35. The van der Waals surface area contributed by atoms with Crippen molar-refractivity contribution in [2.45, 2.75) is 37.2 Å². The Hall–Kier alpha value is -3.47. The lowest BCUT2D eigenvalue weighted by Gasteiger charge is -2.23. The number of rotatable bonds is 8. The number of halogens is 2. The zero-order chi connectivity index (χ0) is 27.4. The molecule has 1 amide bonds. The molecule has 1 aromatic heterocycles. The Bertz CT molecular complexity index is 1460. The summed E-state index contributed by atoms with van der Waals surface area (Å²) >= 11 is 12.0. The molecule has 12 heteroatoms. The van der Waals surface area contributed by atoms with Crippen LogP contribution in [0, 0.1) is 5.92 Å². The predicted octanol–water partition coefficient (Wildman–Crippen LogP) is 4.58. The number of primary amides is 1. The smallest absolute Gasteiger partial charge is 0.263 e.